The Morgan fingerprint density at radius 3 is 2.83 bits per heavy atom. The maximum absolute atomic E-state index is 11.3. The minimum atomic E-state index is -0.222. The summed E-state index contributed by atoms with van der Waals surface area (Å²) < 4.78 is 5.41. The molecule has 1 saturated heterocycles. The number of nitrogens with two attached hydrogens (primary N) is 1. The summed E-state index contributed by atoms with van der Waals surface area (Å²) in [5.41, 5.74) is 5.42. The molecule has 30 heavy (non-hydrogen) atoms. The van der Waals surface area contributed by atoms with E-state index in [0.29, 0.717) is 18.9 Å². The van der Waals surface area contributed by atoms with Crippen molar-refractivity contribution in [2.75, 3.05) is 31.9 Å². The molecule has 1 aliphatic rings. The van der Waals surface area contributed by atoms with E-state index in [9.17, 15) is 4.79 Å². The molecular formula is C22H31IN4O2S. The van der Waals surface area contributed by atoms with Gasteiger partial charge in [-0.1, -0.05) is 18.2 Å². The number of thioether (sulfide) groups is 1. The van der Waals surface area contributed by atoms with E-state index in [2.05, 4.69) is 34.5 Å². The molecule has 1 unspecified atom stereocenters. The number of aliphatic imine (C=N–C) groups is 1. The van der Waals surface area contributed by atoms with Crippen LogP contribution < -0.4 is 11.1 Å². The molecule has 1 fully saturated rings. The lowest BCUT2D eigenvalue weighted by Crippen LogP contribution is -2.47. The topological polar surface area (TPSA) is 83.9 Å². The number of benzene rings is 1. The lowest BCUT2D eigenvalue weighted by Gasteiger charge is -2.34. The van der Waals surface area contributed by atoms with E-state index in [1.807, 2.05) is 30.0 Å². The summed E-state index contributed by atoms with van der Waals surface area (Å²) in [5.74, 6) is 2.90. The summed E-state index contributed by atoms with van der Waals surface area (Å²) in [5, 5.41) is 3.52. The van der Waals surface area contributed by atoms with Crippen molar-refractivity contribution in [3.8, 4) is 0 Å². The molecule has 1 atom stereocenters. The normalized spacial score (nSPS) is 16.7. The summed E-state index contributed by atoms with van der Waals surface area (Å²) >= 11 is 1.83. The molecule has 1 amide bonds. The van der Waals surface area contributed by atoms with Crippen LogP contribution in [0.1, 0.15) is 25.0 Å². The van der Waals surface area contributed by atoms with E-state index in [4.69, 9.17) is 15.1 Å². The number of furan rings is 1. The van der Waals surface area contributed by atoms with Gasteiger partial charge in [-0.2, -0.15) is 0 Å². The van der Waals surface area contributed by atoms with Crippen molar-refractivity contribution in [1.82, 2.24) is 10.2 Å². The van der Waals surface area contributed by atoms with E-state index in [0.717, 1.165) is 56.4 Å². The van der Waals surface area contributed by atoms with Crippen LogP contribution in [-0.2, 0) is 11.2 Å². The third kappa shape index (κ3) is 8.59. The summed E-state index contributed by atoms with van der Waals surface area (Å²) in [6, 6.07) is 14.3. The van der Waals surface area contributed by atoms with Crippen molar-refractivity contribution in [3.63, 3.8) is 0 Å². The monoisotopic (exact) mass is 542 g/mol. The first-order valence-electron chi connectivity index (χ1n) is 10.2. The Bertz CT molecular complexity index is 771. The number of halogens is 1. The molecule has 164 valence electrons. The van der Waals surface area contributed by atoms with Crippen LogP contribution in [0.4, 0.5) is 0 Å². The molecule has 0 aliphatic carbocycles. The lowest BCUT2D eigenvalue weighted by molar-refractivity contribution is -0.119. The maximum Gasteiger partial charge on any atom is 0.217 e. The predicted octanol–water partition coefficient (Wildman–Crippen LogP) is 3.77. The Morgan fingerprint density at radius 1 is 1.27 bits per heavy atom. The fraction of sp³-hybridized carbons (Fsp3) is 0.455. The zero-order valence-electron chi connectivity index (χ0n) is 17.2. The summed E-state index contributed by atoms with van der Waals surface area (Å²) in [7, 11) is 0. The zero-order valence-corrected chi connectivity index (χ0v) is 20.3. The van der Waals surface area contributed by atoms with Gasteiger partial charge in [-0.25, -0.2) is 0 Å². The zero-order chi connectivity index (χ0) is 20.3. The highest BCUT2D eigenvalue weighted by atomic mass is 127. The molecule has 0 bridgehead atoms. The lowest BCUT2D eigenvalue weighted by atomic mass is 9.95. The van der Waals surface area contributed by atoms with Gasteiger partial charge in [0.25, 0.3) is 0 Å². The number of rotatable bonds is 9. The number of hydrogen-bond donors (Lipinski definition) is 2. The maximum atomic E-state index is 11.3. The molecule has 0 spiro atoms. The standard InChI is InChI=1S/C22H30N4O2S.HI/c23-21(27)16-18-6-4-13-26(17-18)22(24-11-10-19-7-5-14-28-19)25-12-15-29-20-8-2-1-3-9-20;/h1-3,5,7-9,14,18H,4,6,10-13,15-17H2,(H2,23,27)(H,24,25);1H. The van der Waals surface area contributed by atoms with Crippen LogP contribution in [0.3, 0.4) is 0 Å². The number of piperidine rings is 1. The van der Waals surface area contributed by atoms with E-state index in [1.54, 1.807) is 6.26 Å². The van der Waals surface area contributed by atoms with Crippen LogP contribution in [-0.4, -0.2) is 48.7 Å². The summed E-state index contributed by atoms with van der Waals surface area (Å²) in [6.45, 7) is 3.27. The van der Waals surface area contributed by atoms with Crippen molar-refractivity contribution in [1.29, 1.82) is 0 Å². The van der Waals surface area contributed by atoms with Gasteiger partial charge >= 0.3 is 0 Å². The Hall–Kier alpha value is -1.68. The molecule has 1 aromatic carbocycles. The number of nitrogens with one attached hydrogen (secondary N) is 1. The average molecular weight is 542 g/mol. The summed E-state index contributed by atoms with van der Waals surface area (Å²) in [6.07, 6.45) is 5.01. The molecule has 1 aromatic heterocycles. The van der Waals surface area contributed by atoms with Gasteiger partial charge in [-0.3, -0.25) is 9.79 Å². The van der Waals surface area contributed by atoms with Gasteiger partial charge in [0.1, 0.15) is 5.76 Å². The van der Waals surface area contributed by atoms with Gasteiger partial charge in [0.15, 0.2) is 5.96 Å². The van der Waals surface area contributed by atoms with Crippen molar-refractivity contribution in [2.45, 2.75) is 30.6 Å². The number of nitrogens with zero attached hydrogens (tertiary/aromatic N) is 2. The van der Waals surface area contributed by atoms with Crippen molar-refractivity contribution in [3.05, 3.63) is 54.5 Å². The van der Waals surface area contributed by atoms with Gasteiger partial charge in [0.05, 0.1) is 6.26 Å². The molecule has 6 nitrogen and oxygen atoms in total. The molecule has 8 heteroatoms. The second kappa shape index (κ2) is 13.6. The van der Waals surface area contributed by atoms with Crippen LogP contribution in [0.15, 0.2) is 63.0 Å². The molecular weight excluding hydrogens is 511 g/mol. The Kier molecular flexibility index (Phi) is 11.1. The molecule has 3 rings (SSSR count). The molecule has 3 N–H and O–H groups in total. The van der Waals surface area contributed by atoms with Crippen LogP contribution in [0.25, 0.3) is 0 Å². The number of primary amides is 1. The van der Waals surface area contributed by atoms with Crippen molar-refractivity contribution < 1.29 is 9.21 Å². The van der Waals surface area contributed by atoms with Crippen LogP contribution >= 0.6 is 35.7 Å². The van der Waals surface area contributed by atoms with Crippen LogP contribution in [0.2, 0.25) is 0 Å². The van der Waals surface area contributed by atoms with Crippen molar-refractivity contribution in [2.24, 2.45) is 16.6 Å². The van der Waals surface area contributed by atoms with Crippen molar-refractivity contribution >= 4 is 47.6 Å². The predicted molar refractivity (Wildman–Crippen MR) is 133 cm³/mol. The molecule has 2 heterocycles. The van der Waals surface area contributed by atoms with E-state index in [1.165, 1.54) is 4.90 Å². The van der Waals surface area contributed by atoms with Crippen LogP contribution in [0.5, 0.6) is 0 Å². The van der Waals surface area contributed by atoms with Gasteiger partial charge < -0.3 is 20.4 Å². The first-order chi connectivity index (χ1) is 14.2. The second-order valence-corrected chi connectivity index (χ2v) is 8.42. The Balaban J connectivity index is 0.00000320. The Labute approximate surface area is 200 Å². The van der Waals surface area contributed by atoms with Gasteiger partial charge in [0, 0.05) is 49.7 Å². The first-order valence-corrected chi connectivity index (χ1v) is 11.2. The number of amides is 1. The summed E-state index contributed by atoms with van der Waals surface area (Å²) in [4.78, 5) is 19.7. The van der Waals surface area contributed by atoms with Gasteiger partial charge in [0.2, 0.25) is 5.91 Å². The number of carbonyl (C=O) groups excluding carboxylic acids is 1. The van der Waals surface area contributed by atoms with E-state index in [-0.39, 0.29) is 29.9 Å². The number of likely N-dealkylation sites (tertiary alicyclic amines) is 1. The Morgan fingerprint density at radius 2 is 2.10 bits per heavy atom. The molecule has 1 aliphatic heterocycles. The molecule has 0 radical (unpaired) electrons. The van der Waals surface area contributed by atoms with E-state index >= 15 is 0 Å². The van der Waals surface area contributed by atoms with E-state index < -0.39 is 0 Å². The number of carbonyl (C=O) groups is 1. The average Bonchev–Trinajstić information content (AvgIpc) is 3.24. The quantitative estimate of drug-likeness (QED) is 0.166. The highest BCUT2D eigenvalue weighted by molar-refractivity contribution is 14.0. The first kappa shape index (κ1) is 24.6. The third-order valence-corrected chi connectivity index (χ3v) is 5.92. The third-order valence-electron chi connectivity index (χ3n) is 4.91. The minimum absolute atomic E-state index is 0. The molecule has 2 aromatic rings. The number of guanidine groups is 1. The molecule has 0 saturated carbocycles. The fourth-order valence-electron chi connectivity index (χ4n) is 3.55. The smallest absolute Gasteiger partial charge is 0.217 e. The van der Waals surface area contributed by atoms with Crippen LogP contribution in [0, 0.1) is 5.92 Å². The van der Waals surface area contributed by atoms with Gasteiger partial charge in [-0.05, 0) is 43.0 Å². The SMILES string of the molecule is I.NC(=O)CC1CCCN(C(=NCCc2ccco2)NCCSc2ccccc2)C1. The largest absolute Gasteiger partial charge is 0.469 e. The highest BCUT2D eigenvalue weighted by Crippen LogP contribution is 2.20. The second-order valence-electron chi connectivity index (χ2n) is 7.25. The minimum Gasteiger partial charge on any atom is -0.469 e. The number of hydrogen-bond acceptors (Lipinski definition) is 4. The highest BCUT2D eigenvalue weighted by Gasteiger charge is 2.23. The van der Waals surface area contributed by atoms with Gasteiger partial charge in [-0.15, -0.1) is 35.7 Å². The fourth-order valence-corrected chi connectivity index (χ4v) is 4.34.